The van der Waals surface area contributed by atoms with Crippen LogP contribution in [0.15, 0.2) is 41.3 Å². The van der Waals surface area contributed by atoms with E-state index in [4.69, 9.17) is 4.74 Å². The molecule has 116 valence electrons. The number of nitrogens with zero attached hydrogens (tertiary/aromatic N) is 2. The molecule has 0 aliphatic heterocycles. The summed E-state index contributed by atoms with van der Waals surface area (Å²) in [5, 5.41) is 11.7. The predicted molar refractivity (Wildman–Crippen MR) is 91.2 cm³/mol. The molecule has 0 saturated carbocycles. The van der Waals surface area contributed by atoms with Crippen LogP contribution in [-0.2, 0) is 0 Å². The van der Waals surface area contributed by atoms with E-state index in [1.54, 1.807) is 37.5 Å². The molecular weight excluding hydrogens is 318 g/mol. The number of methoxy groups -OCH3 is 1. The average molecular weight is 335 g/mol. The number of thioether (sulfide) groups is 1. The standard InChI is InChI=1S/C15H17N3O2S2/c1-4-9-16-14-17-18-15(22-14)21-10(2)13(19)11-5-7-12(20-3)8-6-11/h4-8,10H,1,9H2,2-3H3,(H,16,17). The molecule has 5 nitrogen and oxygen atoms in total. The summed E-state index contributed by atoms with van der Waals surface area (Å²) in [6.45, 7) is 6.14. The monoisotopic (exact) mass is 335 g/mol. The van der Waals surface area contributed by atoms with Gasteiger partial charge in [0, 0.05) is 12.1 Å². The summed E-state index contributed by atoms with van der Waals surface area (Å²) >= 11 is 2.84. The van der Waals surface area contributed by atoms with Crippen LogP contribution in [0.3, 0.4) is 0 Å². The van der Waals surface area contributed by atoms with Crippen LogP contribution in [0.1, 0.15) is 17.3 Å². The first-order chi connectivity index (χ1) is 10.6. The Kier molecular flexibility index (Phi) is 5.97. The van der Waals surface area contributed by atoms with E-state index in [1.807, 2.05) is 6.92 Å². The van der Waals surface area contributed by atoms with Crippen molar-refractivity contribution >= 4 is 34.0 Å². The van der Waals surface area contributed by atoms with E-state index >= 15 is 0 Å². The third kappa shape index (κ3) is 4.32. The van der Waals surface area contributed by atoms with E-state index in [9.17, 15) is 4.79 Å². The summed E-state index contributed by atoms with van der Waals surface area (Å²) in [5.74, 6) is 0.794. The Balaban J connectivity index is 1.98. The Hall–Kier alpha value is -1.86. The van der Waals surface area contributed by atoms with Crippen LogP contribution in [0, 0.1) is 0 Å². The van der Waals surface area contributed by atoms with Crippen molar-refractivity contribution in [1.29, 1.82) is 0 Å². The lowest BCUT2D eigenvalue weighted by atomic mass is 10.1. The quantitative estimate of drug-likeness (QED) is 0.452. The number of hydrogen-bond donors (Lipinski definition) is 1. The highest BCUT2D eigenvalue weighted by Crippen LogP contribution is 2.30. The third-order valence-electron chi connectivity index (χ3n) is 2.83. The zero-order valence-corrected chi connectivity index (χ0v) is 14.0. The summed E-state index contributed by atoms with van der Waals surface area (Å²) < 4.78 is 5.86. The lowest BCUT2D eigenvalue weighted by molar-refractivity contribution is 0.0994. The number of anilines is 1. The van der Waals surface area contributed by atoms with Crippen LogP contribution in [-0.4, -0.2) is 34.9 Å². The van der Waals surface area contributed by atoms with Crippen molar-refractivity contribution in [2.24, 2.45) is 0 Å². The van der Waals surface area contributed by atoms with Gasteiger partial charge in [-0.15, -0.1) is 16.8 Å². The van der Waals surface area contributed by atoms with Gasteiger partial charge in [0.15, 0.2) is 10.1 Å². The lowest BCUT2D eigenvalue weighted by Crippen LogP contribution is -2.13. The molecule has 1 aromatic heterocycles. The predicted octanol–water partition coefficient (Wildman–Crippen LogP) is 3.51. The summed E-state index contributed by atoms with van der Waals surface area (Å²) in [7, 11) is 1.60. The van der Waals surface area contributed by atoms with Crippen molar-refractivity contribution in [2.45, 2.75) is 16.5 Å². The van der Waals surface area contributed by atoms with Gasteiger partial charge in [-0.2, -0.15) is 0 Å². The summed E-state index contributed by atoms with van der Waals surface area (Å²) in [5.41, 5.74) is 0.662. The number of aromatic nitrogens is 2. The average Bonchev–Trinajstić information content (AvgIpc) is 2.99. The molecule has 0 radical (unpaired) electrons. The van der Waals surface area contributed by atoms with Crippen molar-refractivity contribution in [1.82, 2.24) is 10.2 Å². The fraction of sp³-hybridized carbons (Fsp3) is 0.267. The minimum atomic E-state index is -0.228. The van der Waals surface area contributed by atoms with Crippen LogP contribution in [0.2, 0.25) is 0 Å². The second kappa shape index (κ2) is 7.95. The Bertz CT molecular complexity index is 640. The Morgan fingerprint density at radius 2 is 2.18 bits per heavy atom. The van der Waals surface area contributed by atoms with Gasteiger partial charge in [-0.25, -0.2) is 0 Å². The van der Waals surface area contributed by atoms with E-state index in [-0.39, 0.29) is 11.0 Å². The van der Waals surface area contributed by atoms with Crippen molar-refractivity contribution in [3.05, 3.63) is 42.5 Å². The topological polar surface area (TPSA) is 64.1 Å². The molecule has 0 aliphatic carbocycles. The van der Waals surface area contributed by atoms with Crippen molar-refractivity contribution in [3.8, 4) is 5.75 Å². The van der Waals surface area contributed by atoms with Gasteiger partial charge < -0.3 is 10.1 Å². The molecule has 0 bridgehead atoms. The minimum absolute atomic E-state index is 0.0588. The first-order valence-electron chi connectivity index (χ1n) is 6.67. The molecule has 1 unspecified atom stereocenters. The number of hydrogen-bond acceptors (Lipinski definition) is 7. The molecule has 1 N–H and O–H groups in total. The van der Waals surface area contributed by atoms with Gasteiger partial charge in [-0.05, 0) is 31.2 Å². The maximum atomic E-state index is 12.4. The van der Waals surface area contributed by atoms with E-state index < -0.39 is 0 Å². The number of carbonyl (C=O) groups is 1. The van der Waals surface area contributed by atoms with Gasteiger partial charge in [0.2, 0.25) is 5.13 Å². The molecule has 0 amide bonds. The van der Waals surface area contributed by atoms with Crippen molar-refractivity contribution in [3.63, 3.8) is 0 Å². The number of nitrogens with one attached hydrogen (secondary N) is 1. The molecule has 0 saturated heterocycles. The van der Waals surface area contributed by atoms with Gasteiger partial charge in [0.25, 0.3) is 0 Å². The number of carbonyl (C=O) groups excluding carboxylic acids is 1. The van der Waals surface area contributed by atoms with Crippen LogP contribution >= 0.6 is 23.1 Å². The number of ketones is 1. The number of Topliss-reactive ketones (excluding diaryl/α,β-unsaturated/α-hetero) is 1. The molecule has 7 heteroatoms. The molecule has 1 aromatic carbocycles. The third-order valence-corrected chi connectivity index (χ3v) is 4.89. The molecular formula is C15H17N3O2S2. The van der Waals surface area contributed by atoms with Gasteiger partial charge in [0.1, 0.15) is 5.75 Å². The Morgan fingerprint density at radius 3 is 2.82 bits per heavy atom. The van der Waals surface area contributed by atoms with Gasteiger partial charge >= 0.3 is 0 Å². The first-order valence-corrected chi connectivity index (χ1v) is 8.37. The van der Waals surface area contributed by atoms with Crippen LogP contribution in [0.25, 0.3) is 0 Å². The first kappa shape index (κ1) is 16.5. The van der Waals surface area contributed by atoms with Crippen LogP contribution in [0.4, 0.5) is 5.13 Å². The molecule has 0 spiro atoms. The summed E-state index contributed by atoms with van der Waals surface area (Å²) in [6.07, 6.45) is 1.75. The van der Waals surface area contributed by atoms with Crippen molar-refractivity contribution < 1.29 is 9.53 Å². The smallest absolute Gasteiger partial charge is 0.206 e. The van der Waals surface area contributed by atoms with Gasteiger partial charge in [-0.1, -0.05) is 29.2 Å². The zero-order chi connectivity index (χ0) is 15.9. The normalized spacial score (nSPS) is 11.7. The van der Waals surface area contributed by atoms with Crippen LogP contribution < -0.4 is 10.1 Å². The van der Waals surface area contributed by atoms with Crippen molar-refractivity contribution in [2.75, 3.05) is 19.0 Å². The summed E-state index contributed by atoms with van der Waals surface area (Å²) in [6, 6.07) is 7.12. The van der Waals surface area contributed by atoms with E-state index in [0.717, 1.165) is 15.2 Å². The van der Waals surface area contributed by atoms with E-state index in [2.05, 4.69) is 22.1 Å². The maximum absolute atomic E-state index is 12.4. The Labute approximate surface area is 137 Å². The Morgan fingerprint density at radius 1 is 1.45 bits per heavy atom. The fourth-order valence-electron chi connectivity index (χ4n) is 1.68. The van der Waals surface area contributed by atoms with Gasteiger partial charge in [0.05, 0.1) is 12.4 Å². The highest BCUT2D eigenvalue weighted by Gasteiger charge is 2.18. The molecule has 0 fully saturated rings. The molecule has 1 atom stereocenters. The van der Waals surface area contributed by atoms with E-state index in [0.29, 0.717) is 12.1 Å². The second-order valence-electron chi connectivity index (χ2n) is 4.40. The number of rotatable bonds is 8. The molecule has 0 aliphatic rings. The molecule has 22 heavy (non-hydrogen) atoms. The second-order valence-corrected chi connectivity index (χ2v) is 6.96. The number of ether oxygens (including phenoxy) is 1. The lowest BCUT2D eigenvalue weighted by Gasteiger charge is -2.08. The highest BCUT2D eigenvalue weighted by atomic mass is 32.2. The molecule has 2 rings (SSSR count). The fourth-order valence-corrected chi connectivity index (χ4v) is 3.66. The largest absolute Gasteiger partial charge is 0.497 e. The molecule has 1 heterocycles. The zero-order valence-electron chi connectivity index (χ0n) is 12.4. The summed E-state index contributed by atoms with van der Waals surface area (Å²) in [4.78, 5) is 12.4. The molecule has 2 aromatic rings. The van der Waals surface area contributed by atoms with Crippen LogP contribution in [0.5, 0.6) is 5.75 Å². The highest BCUT2D eigenvalue weighted by molar-refractivity contribution is 8.02. The SMILES string of the molecule is C=CCNc1nnc(SC(C)C(=O)c2ccc(OC)cc2)s1. The van der Waals surface area contributed by atoms with E-state index in [1.165, 1.54) is 23.1 Å². The van der Waals surface area contributed by atoms with Gasteiger partial charge in [-0.3, -0.25) is 4.79 Å². The minimum Gasteiger partial charge on any atom is -0.497 e. The number of benzene rings is 1. The maximum Gasteiger partial charge on any atom is 0.206 e.